The van der Waals surface area contributed by atoms with Crippen molar-refractivity contribution in [3.63, 3.8) is 0 Å². The topological polar surface area (TPSA) is 35.5 Å². The second-order valence-electron chi connectivity index (χ2n) is 6.74. The van der Waals surface area contributed by atoms with Crippen LogP contribution in [0.2, 0.25) is 0 Å². The molecule has 3 nitrogen and oxygen atoms in total. The Morgan fingerprint density at radius 2 is 2.06 bits per heavy atom. The molecule has 0 aromatic carbocycles. The van der Waals surface area contributed by atoms with E-state index in [0.29, 0.717) is 12.0 Å². The Kier molecular flexibility index (Phi) is 5.05. The van der Waals surface area contributed by atoms with Gasteiger partial charge in [-0.05, 0) is 58.2 Å². The Balaban J connectivity index is 1.76. The summed E-state index contributed by atoms with van der Waals surface area (Å²) in [6, 6.07) is 0.608. The van der Waals surface area contributed by atoms with E-state index in [-0.39, 0.29) is 0 Å². The second kappa shape index (κ2) is 6.36. The van der Waals surface area contributed by atoms with E-state index in [1.54, 1.807) is 0 Å². The van der Waals surface area contributed by atoms with E-state index < -0.39 is 5.60 Å². The fourth-order valence-electron chi connectivity index (χ4n) is 3.57. The first kappa shape index (κ1) is 14.3. The largest absolute Gasteiger partial charge is 0.389 e. The van der Waals surface area contributed by atoms with Gasteiger partial charge in [0.05, 0.1) is 5.60 Å². The molecular formula is C15H30N2O. The molecule has 0 aromatic rings. The van der Waals surface area contributed by atoms with Gasteiger partial charge in [0, 0.05) is 12.6 Å². The summed E-state index contributed by atoms with van der Waals surface area (Å²) in [6.45, 7) is 5.47. The highest BCUT2D eigenvalue weighted by Crippen LogP contribution is 2.31. The number of rotatable bonds is 3. The van der Waals surface area contributed by atoms with Crippen LogP contribution in [0.1, 0.15) is 51.9 Å². The lowest BCUT2D eigenvalue weighted by Gasteiger charge is -2.36. The van der Waals surface area contributed by atoms with Gasteiger partial charge in [0.2, 0.25) is 0 Å². The maximum absolute atomic E-state index is 10.6. The molecule has 3 heteroatoms. The zero-order chi connectivity index (χ0) is 13.0. The molecule has 0 bridgehead atoms. The average Bonchev–Trinajstić information content (AvgIpc) is 2.51. The molecule has 2 aliphatic rings. The Morgan fingerprint density at radius 3 is 2.83 bits per heavy atom. The van der Waals surface area contributed by atoms with Crippen molar-refractivity contribution < 1.29 is 5.11 Å². The minimum absolute atomic E-state index is 0.435. The summed E-state index contributed by atoms with van der Waals surface area (Å²) in [4.78, 5) is 2.42. The molecular weight excluding hydrogens is 224 g/mol. The molecule has 1 aliphatic heterocycles. The predicted octanol–water partition coefficient (Wildman–Crippen LogP) is 2.00. The highest BCUT2D eigenvalue weighted by Gasteiger charge is 2.32. The van der Waals surface area contributed by atoms with Crippen molar-refractivity contribution in [1.29, 1.82) is 0 Å². The maximum Gasteiger partial charge on any atom is 0.0774 e. The van der Waals surface area contributed by atoms with Crippen LogP contribution in [0.15, 0.2) is 0 Å². The van der Waals surface area contributed by atoms with Crippen LogP contribution >= 0.6 is 0 Å². The van der Waals surface area contributed by atoms with Gasteiger partial charge in [-0.2, -0.15) is 0 Å². The summed E-state index contributed by atoms with van der Waals surface area (Å²) >= 11 is 0. The average molecular weight is 254 g/mol. The van der Waals surface area contributed by atoms with Crippen molar-refractivity contribution in [2.75, 3.05) is 26.7 Å². The molecule has 1 heterocycles. The normalized spacial score (nSPS) is 39.5. The molecule has 1 saturated heterocycles. The van der Waals surface area contributed by atoms with Crippen LogP contribution in [0.3, 0.4) is 0 Å². The molecule has 0 amide bonds. The summed E-state index contributed by atoms with van der Waals surface area (Å²) in [5, 5.41) is 14.3. The number of nitrogens with one attached hydrogen (secondary N) is 1. The number of nitrogens with zero attached hydrogens (tertiary/aromatic N) is 1. The van der Waals surface area contributed by atoms with Crippen LogP contribution in [-0.2, 0) is 0 Å². The lowest BCUT2D eigenvalue weighted by molar-refractivity contribution is -0.0140. The van der Waals surface area contributed by atoms with Crippen LogP contribution in [-0.4, -0.2) is 48.3 Å². The lowest BCUT2D eigenvalue weighted by atomic mass is 9.79. The van der Waals surface area contributed by atoms with Crippen LogP contribution in [0.25, 0.3) is 0 Å². The molecule has 2 N–H and O–H groups in total. The highest BCUT2D eigenvalue weighted by atomic mass is 16.3. The zero-order valence-corrected chi connectivity index (χ0v) is 12.1. The number of hydrogen-bond donors (Lipinski definition) is 2. The summed E-state index contributed by atoms with van der Waals surface area (Å²) < 4.78 is 0. The Hall–Kier alpha value is -0.120. The Morgan fingerprint density at radius 1 is 1.22 bits per heavy atom. The number of aliphatic hydroxyl groups is 1. The van der Waals surface area contributed by atoms with Crippen molar-refractivity contribution in [3.05, 3.63) is 0 Å². The van der Waals surface area contributed by atoms with Gasteiger partial charge in [-0.25, -0.2) is 0 Å². The first-order valence-corrected chi connectivity index (χ1v) is 7.72. The summed E-state index contributed by atoms with van der Waals surface area (Å²) in [5.74, 6) is 0.686. The van der Waals surface area contributed by atoms with E-state index in [0.717, 1.165) is 19.4 Å². The summed E-state index contributed by atoms with van der Waals surface area (Å²) in [7, 11) is 2.21. The SMILES string of the molecule is CC1CCCC(O)(CNC2CCCN(C)CC2)C1. The van der Waals surface area contributed by atoms with Crippen molar-refractivity contribution in [2.45, 2.75) is 63.5 Å². The summed E-state index contributed by atoms with van der Waals surface area (Å²) in [5.41, 5.74) is -0.435. The van der Waals surface area contributed by atoms with Gasteiger partial charge >= 0.3 is 0 Å². The molecule has 2 rings (SSSR count). The van der Waals surface area contributed by atoms with Crippen LogP contribution < -0.4 is 5.32 Å². The quantitative estimate of drug-likeness (QED) is 0.808. The standard InChI is InChI=1S/C15H30N2O/c1-13-5-3-8-15(18,11-13)12-16-14-6-4-9-17(2)10-7-14/h13-14,16,18H,3-12H2,1-2H3. The lowest BCUT2D eigenvalue weighted by Crippen LogP contribution is -2.47. The second-order valence-corrected chi connectivity index (χ2v) is 6.74. The van der Waals surface area contributed by atoms with Gasteiger partial charge in [0.15, 0.2) is 0 Å². The molecule has 0 spiro atoms. The summed E-state index contributed by atoms with van der Waals surface area (Å²) in [6.07, 6.45) is 8.20. The van der Waals surface area contributed by atoms with Crippen molar-refractivity contribution in [1.82, 2.24) is 10.2 Å². The minimum atomic E-state index is -0.435. The van der Waals surface area contributed by atoms with E-state index in [1.165, 1.54) is 45.2 Å². The molecule has 3 atom stereocenters. The fraction of sp³-hybridized carbons (Fsp3) is 1.00. The third-order valence-electron chi connectivity index (χ3n) is 4.74. The van der Waals surface area contributed by atoms with Crippen molar-refractivity contribution >= 4 is 0 Å². The van der Waals surface area contributed by atoms with Gasteiger partial charge in [0.25, 0.3) is 0 Å². The smallest absolute Gasteiger partial charge is 0.0774 e. The molecule has 18 heavy (non-hydrogen) atoms. The van der Waals surface area contributed by atoms with Gasteiger partial charge in [-0.15, -0.1) is 0 Å². The zero-order valence-electron chi connectivity index (χ0n) is 12.1. The Labute approximate surface area is 112 Å². The van der Waals surface area contributed by atoms with Gasteiger partial charge in [0.1, 0.15) is 0 Å². The molecule has 1 aliphatic carbocycles. The monoisotopic (exact) mass is 254 g/mol. The molecule has 1 saturated carbocycles. The van der Waals surface area contributed by atoms with E-state index in [1.807, 2.05) is 0 Å². The maximum atomic E-state index is 10.6. The van der Waals surface area contributed by atoms with Gasteiger partial charge < -0.3 is 15.3 Å². The van der Waals surface area contributed by atoms with Crippen LogP contribution in [0.5, 0.6) is 0 Å². The number of likely N-dealkylation sites (tertiary alicyclic amines) is 1. The van der Waals surface area contributed by atoms with Crippen molar-refractivity contribution in [2.24, 2.45) is 5.92 Å². The molecule has 2 fully saturated rings. The van der Waals surface area contributed by atoms with E-state index in [2.05, 4.69) is 24.2 Å². The van der Waals surface area contributed by atoms with Crippen LogP contribution in [0, 0.1) is 5.92 Å². The predicted molar refractivity (Wildman–Crippen MR) is 75.7 cm³/mol. The van der Waals surface area contributed by atoms with E-state index >= 15 is 0 Å². The first-order valence-electron chi connectivity index (χ1n) is 7.72. The van der Waals surface area contributed by atoms with Crippen LogP contribution in [0.4, 0.5) is 0 Å². The highest BCUT2D eigenvalue weighted by molar-refractivity contribution is 4.88. The minimum Gasteiger partial charge on any atom is -0.389 e. The Bertz CT molecular complexity index is 259. The molecule has 106 valence electrons. The molecule has 3 unspecified atom stereocenters. The third kappa shape index (κ3) is 4.22. The first-order chi connectivity index (χ1) is 8.57. The van der Waals surface area contributed by atoms with Gasteiger partial charge in [-0.1, -0.05) is 19.8 Å². The van der Waals surface area contributed by atoms with Gasteiger partial charge in [-0.3, -0.25) is 0 Å². The van der Waals surface area contributed by atoms with E-state index in [9.17, 15) is 5.11 Å². The third-order valence-corrected chi connectivity index (χ3v) is 4.74. The molecule has 0 radical (unpaired) electrons. The fourth-order valence-corrected chi connectivity index (χ4v) is 3.57. The van der Waals surface area contributed by atoms with E-state index in [4.69, 9.17) is 0 Å². The molecule has 0 aromatic heterocycles. The number of hydrogen-bond acceptors (Lipinski definition) is 3. The van der Waals surface area contributed by atoms with Crippen molar-refractivity contribution in [3.8, 4) is 0 Å².